The fourth-order valence-electron chi connectivity index (χ4n) is 1.37. The fraction of sp³-hybridized carbons (Fsp3) is 0.182. The Kier molecular flexibility index (Phi) is 3.47. The van der Waals surface area contributed by atoms with Crippen LogP contribution in [0, 0.1) is 0 Å². The molecule has 0 atom stereocenters. The van der Waals surface area contributed by atoms with E-state index < -0.39 is 11.6 Å². The average Bonchev–Trinajstić information content (AvgIpc) is 2.69. The second-order valence-electron chi connectivity index (χ2n) is 3.71. The number of H-pyrrole nitrogens is 1. The van der Waals surface area contributed by atoms with Gasteiger partial charge in [-0.25, -0.2) is 9.48 Å². The number of halogens is 1. The van der Waals surface area contributed by atoms with Crippen LogP contribution in [0.2, 0.25) is 5.02 Å². The Morgan fingerprint density at radius 2 is 2.11 bits per heavy atom. The molecule has 7 heteroatoms. The first-order valence-corrected chi connectivity index (χ1v) is 5.60. The number of aromatic amines is 1. The zero-order valence-electron chi connectivity index (χ0n) is 9.61. The lowest BCUT2D eigenvalue weighted by Crippen LogP contribution is -2.24. The second kappa shape index (κ2) is 5.05. The minimum Gasteiger partial charge on any atom is -0.345 e. The van der Waals surface area contributed by atoms with Gasteiger partial charge in [-0.15, -0.1) is 5.10 Å². The molecule has 0 saturated heterocycles. The van der Waals surface area contributed by atoms with E-state index in [0.29, 0.717) is 11.6 Å². The lowest BCUT2D eigenvalue weighted by Gasteiger charge is -2.02. The number of hydrogen-bond acceptors (Lipinski definition) is 3. The first-order valence-electron chi connectivity index (χ1n) is 5.22. The van der Waals surface area contributed by atoms with Gasteiger partial charge >= 0.3 is 5.69 Å². The monoisotopic (exact) mass is 266 g/mol. The maximum absolute atomic E-state index is 11.7. The standard InChI is InChI=1S/C11H11ClN4O2/c1-16-11(18)14-9(15-16)10(17)13-6-7-2-4-8(12)5-3-7/h2-5H,6H2,1H3,(H,13,17)(H,14,15,18). The Hall–Kier alpha value is -2.08. The van der Waals surface area contributed by atoms with E-state index >= 15 is 0 Å². The number of aromatic nitrogens is 3. The SMILES string of the molecule is Cn1nc(C(=O)NCc2ccc(Cl)cc2)[nH]c1=O. The molecule has 0 aliphatic rings. The van der Waals surface area contributed by atoms with Gasteiger partial charge in [0.1, 0.15) is 0 Å². The number of carbonyl (C=O) groups excluding carboxylic acids is 1. The molecule has 1 aromatic carbocycles. The number of carbonyl (C=O) groups is 1. The molecule has 94 valence electrons. The zero-order chi connectivity index (χ0) is 13.1. The van der Waals surface area contributed by atoms with E-state index in [1.807, 2.05) is 12.1 Å². The highest BCUT2D eigenvalue weighted by molar-refractivity contribution is 6.30. The quantitative estimate of drug-likeness (QED) is 0.858. The molecule has 2 N–H and O–H groups in total. The highest BCUT2D eigenvalue weighted by Crippen LogP contribution is 2.09. The number of benzene rings is 1. The number of nitrogens with zero attached hydrogens (tertiary/aromatic N) is 2. The Labute approximate surface area is 108 Å². The van der Waals surface area contributed by atoms with Crippen molar-refractivity contribution in [2.24, 2.45) is 7.05 Å². The minimum absolute atomic E-state index is 0.00327. The fourth-order valence-corrected chi connectivity index (χ4v) is 1.50. The Morgan fingerprint density at radius 3 is 2.67 bits per heavy atom. The van der Waals surface area contributed by atoms with Crippen LogP contribution < -0.4 is 11.0 Å². The van der Waals surface area contributed by atoms with Crippen molar-refractivity contribution in [3.05, 3.63) is 51.2 Å². The highest BCUT2D eigenvalue weighted by Gasteiger charge is 2.10. The van der Waals surface area contributed by atoms with E-state index in [0.717, 1.165) is 10.2 Å². The molecule has 0 aliphatic heterocycles. The molecule has 6 nitrogen and oxygen atoms in total. The van der Waals surface area contributed by atoms with E-state index in [2.05, 4.69) is 15.4 Å². The van der Waals surface area contributed by atoms with Gasteiger partial charge in [-0.05, 0) is 17.7 Å². The van der Waals surface area contributed by atoms with Crippen LogP contribution in [-0.4, -0.2) is 20.7 Å². The van der Waals surface area contributed by atoms with Crippen LogP contribution in [0.1, 0.15) is 16.2 Å². The maximum Gasteiger partial charge on any atom is 0.343 e. The van der Waals surface area contributed by atoms with Crippen molar-refractivity contribution >= 4 is 17.5 Å². The van der Waals surface area contributed by atoms with Crippen LogP contribution in [0.5, 0.6) is 0 Å². The van der Waals surface area contributed by atoms with Crippen LogP contribution in [0.4, 0.5) is 0 Å². The summed E-state index contributed by atoms with van der Waals surface area (Å²) >= 11 is 5.75. The average molecular weight is 267 g/mol. The summed E-state index contributed by atoms with van der Waals surface area (Å²) < 4.78 is 1.07. The Morgan fingerprint density at radius 1 is 1.44 bits per heavy atom. The molecule has 1 aromatic heterocycles. The van der Waals surface area contributed by atoms with Crippen LogP contribution in [0.3, 0.4) is 0 Å². The second-order valence-corrected chi connectivity index (χ2v) is 4.15. The van der Waals surface area contributed by atoms with Gasteiger partial charge in [0.2, 0.25) is 5.82 Å². The molecule has 0 radical (unpaired) electrons. The van der Waals surface area contributed by atoms with Crippen LogP contribution in [0.15, 0.2) is 29.1 Å². The Balaban J connectivity index is 2.00. The summed E-state index contributed by atoms with van der Waals surface area (Å²) in [5, 5.41) is 7.04. The van der Waals surface area contributed by atoms with Gasteiger partial charge < -0.3 is 5.32 Å². The molecule has 0 spiro atoms. The molecule has 1 heterocycles. The summed E-state index contributed by atoms with van der Waals surface area (Å²) in [4.78, 5) is 25.1. The van der Waals surface area contributed by atoms with Gasteiger partial charge in [-0.3, -0.25) is 9.78 Å². The third-order valence-electron chi connectivity index (χ3n) is 2.35. The van der Waals surface area contributed by atoms with Gasteiger partial charge in [-0.2, -0.15) is 0 Å². The van der Waals surface area contributed by atoms with Crippen LogP contribution in [-0.2, 0) is 13.6 Å². The van der Waals surface area contributed by atoms with E-state index in [1.54, 1.807) is 12.1 Å². The summed E-state index contributed by atoms with van der Waals surface area (Å²) in [7, 11) is 1.47. The molecule has 0 fully saturated rings. The molecule has 0 aliphatic carbocycles. The predicted octanol–water partition coefficient (Wildman–Crippen LogP) is 0.692. The van der Waals surface area contributed by atoms with Crippen molar-refractivity contribution < 1.29 is 4.79 Å². The smallest absolute Gasteiger partial charge is 0.343 e. The third kappa shape index (κ3) is 2.78. The first kappa shape index (κ1) is 12.4. The molecule has 2 aromatic rings. The number of aryl methyl sites for hydroxylation is 1. The molecule has 1 amide bonds. The van der Waals surface area contributed by atoms with Crippen LogP contribution >= 0.6 is 11.6 Å². The highest BCUT2D eigenvalue weighted by atomic mass is 35.5. The summed E-state index contributed by atoms with van der Waals surface area (Å²) in [6.45, 7) is 0.342. The molecule has 0 bridgehead atoms. The zero-order valence-corrected chi connectivity index (χ0v) is 10.4. The first-order chi connectivity index (χ1) is 8.56. The largest absolute Gasteiger partial charge is 0.345 e. The van der Waals surface area contributed by atoms with Gasteiger partial charge in [-0.1, -0.05) is 23.7 Å². The van der Waals surface area contributed by atoms with E-state index in [-0.39, 0.29) is 5.82 Å². The number of hydrogen-bond donors (Lipinski definition) is 2. The summed E-state index contributed by atoms with van der Waals surface area (Å²) in [5.74, 6) is -0.431. The van der Waals surface area contributed by atoms with E-state index in [9.17, 15) is 9.59 Å². The summed E-state index contributed by atoms with van der Waals surface area (Å²) in [5.41, 5.74) is 0.484. The molecular weight excluding hydrogens is 256 g/mol. The molecule has 18 heavy (non-hydrogen) atoms. The topological polar surface area (TPSA) is 79.8 Å². The van der Waals surface area contributed by atoms with Crippen molar-refractivity contribution in [1.82, 2.24) is 20.1 Å². The summed E-state index contributed by atoms with van der Waals surface area (Å²) in [6, 6.07) is 7.10. The van der Waals surface area contributed by atoms with Crippen molar-refractivity contribution in [1.29, 1.82) is 0 Å². The Bertz CT molecular complexity index is 615. The van der Waals surface area contributed by atoms with Gasteiger partial charge in [0, 0.05) is 18.6 Å². The van der Waals surface area contributed by atoms with Crippen molar-refractivity contribution in [2.75, 3.05) is 0 Å². The van der Waals surface area contributed by atoms with Crippen molar-refractivity contribution in [3.8, 4) is 0 Å². The minimum atomic E-state index is -0.428. The predicted molar refractivity (Wildman–Crippen MR) is 66.5 cm³/mol. The van der Waals surface area contributed by atoms with Crippen molar-refractivity contribution in [3.63, 3.8) is 0 Å². The maximum atomic E-state index is 11.7. The van der Waals surface area contributed by atoms with Gasteiger partial charge in [0.05, 0.1) is 0 Å². The lowest BCUT2D eigenvalue weighted by molar-refractivity contribution is 0.0940. The van der Waals surface area contributed by atoms with Crippen molar-refractivity contribution in [2.45, 2.75) is 6.54 Å². The third-order valence-corrected chi connectivity index (χ3v) is 2.60. The summed E-state index contributed by atoms with van der Waals surface area (Å²) in [6.07, 6.45) is 0. The molecule has 0 unspecified atom stereocenters. The van der Waals surface area contributed by atoms with Crippen LogP contribution in [0.25, 0.3) is 0 Å². The van der Waals surface area contributed by atoms with E-state index in [4.69, 9.17) is 11.6 Å². The molecular formula is C11H11ClN4O2. The normalized spacial score (nSPS) is 10.3. The number of rotatable bonds is 3. The molecule has 0 saturated carbocycles. The van der Waals surface area contributed by atoms with E-state index in [1.165, 1.54) is 7.05 Å². The number of amides is 1. The lowest BCUT2D eigenvalue weighted by atomic mass is 10.2. The molecule has 2 rings (SSSR count). The number of nitrogens with one attached hydrogen (secondary N) is 2. The van der Waals surface area contributed by atoms with Gasteiger partial charge in [0.15, 0.2) is 0 Å². The van der Waals surface area contributed by atoms with Gasteiger partial charge in [0.25, 0.3) is 5.91 Å².